The molecule has 1 atom stereocenters. The number of para-hydroxylation sites is 1. The molecular weight excluding hydrogens is 352 g/mol. The van der Waals surface area contributed by atoms with Gasteiger partial charge in [0.05, 0.1) is 31.0 Å². The van der Waals surface area contributed by atoms with Crippen LogP contribution in [0.2, 0.25) is 5.02 Å². The monoisotopic (exact) mass is 370 g/mol. The smallest absolute Gasteiger partial charge is 0.340 e. The Hall–Kier alpha value is -2.55. The number of benzene rings is 2. The molecule has 0 N–H and O–H groups in total. The van der Waals surface area contributed by atoms with Gasteiger partial charge in [0.15, 0.2) is 5.60 Å². The summed E-state index contributed by atoms with van der Waals surface area (Å²) < 4.78 is 11.0. The van der Waals surface area contributed by atoms with Crippen molar-refractivity contribution >= 4 is 23.3 Å². The van der Waals surface area contributed by atoms with Gasteiger partial charge in [-0.3, -0.25) is 0 Å². The molecule has 2 aromatic rings. The van der Waals surface area contributed by atoms with Crippen LogP contribution in [0.4, 0.5) is 5.69 Å². The molecule has 0 bridgehead atoms. The number of ether oxygens (including phenoxy) is 2. The predicted octanol–water partition coefficient (Wildman–Crippen LogP) is 3.77. The number of esters is 1. The van der Waals surface area contributed by atoms with Crippen LogP contribution >= 0.6 is 11.6 Å². The highest BCUT2D eigenvalue weighted by atomic mass is 35.5. The normalized spacial score (nSPS) is 19.7. The van der Waals surface area contributed by atoms with Crippen molar-refractivity contribution in [2.45, 2.75) is 12.5 Å². The first-order valence-corrected chi connectivity index (χ1v) is 8.80. The number of halogens is 1. The summed E-state index contributed by atoms with van der Waals surface area (Å²) in [4.78, 5) is 14.3. The summed E-state index contributed by atoms with van der Waals surface area (Å²) >= 11 is 6.32. The molecule has 0 spiro atoms. The first-order valence-electron chi connectivity index (χ1n) is 8.42. The number of hydrogen-bond donors (Lipinski definition) is 0. The molecule has 3 rings (SSSR count). The van der Waals surface area contributed by atoms with Crippen molar-refractivity contribution in [3.8, 4) is 6.07 Å². The van der Waals surface area contributed by atoms with Crippen LogP contribution in [0, 0.1) is 11.3 Å². The second-order valence-electron chi connectivity index (χ2n) is 5.93. The van der Waals surface area contributed by atoms with E-state index in [0.29, 0.717) is 35.9 Å². The van der Waals surface area contributed by atoms with Crippen molar-refractivity contribution in [2.75, 3.05) is 31.2 Å². The lowest BCUT2D eigenvalue weighted by Crippen LogP contribution is -2.49. The van der Waals surface area contributed by atoms with E-state index >= 15 is 0 Å². The number of morpholine rings is 1. The van der Waals surface area contributed by atoms with Crippen molar-refractivity contribution in [2.24, 2.45) is 0 Å². The fraction of sp³-hybridized carbons (Fsp3) is 0.300. The van der Waals surface area contributed by atoms with Gasteiger partial charge in [-0.25, -0.2) is 4.79 Å². The van der Waals surface area contributed by atoms with Gasteiger partial charge in [-0.05, 0) is 25.1 Å². The average Bonchev–Trinajstić information content (AvgIpc) is 2.68. The highest BCUT2D eigenvalue weighted by Gasteiger charge is 2.41. The van der Waals surface area contributed by atoms with Gasteiger partial charge in [0.1, 0.15) is 6.07 Å². The number of nitrogens with zero attached hydrogens (tertiary/aromatic N) is 2. The summed E-state index contributed by atoms with van der Waals surface area (Å²) in [6.07, 6.45) is 0. The second kappa shape index (κ2) is 7.77. The van der Waals surface area contributed by atoms with Crippen molar-refractivity contribution in [1.29, 1.82) is 5.26 Å². The molecule has 1 fully saturated rings. The molecular formula is C20H19ClN2O3. The van der Waals surface area contributed by atoms with Crippen molar-refractivity contribution in [1.82, 2.24) is 0 Å². The Morgan fingerprint density at radius 1 is 1.31 bits per heavy atom. The summed E-state index contributed by atoms with van der Waals surface area (Å²) in [6, 6.07) is 16.7. The summed E-state index contributed by atoms with van der Waals surface area (Å²) in [6.45, 7) is 3.25. The van der Waals surface area contributed by atoms with E-state index in [-0.39, 0.29) is 12.5 Å². The van der Waals surface area contributed by atoms with Gasteiger partial charge in [-0.2, -0.15) is 5.26 Å². The highest BCUT2D eigenvalue weighted by molar-refractivity contribution is 6.31. The minimum atomic E-state index is -1.20. The SMILES string of the molecule is CCOC(=O)c1ccccc1N1CCOC(C#N)(c2ccccc2Cl)C1. The summed E-state index contributed by atoms with van der Waals surface area (Å²) in [5.41, 5.74) is 0.629. The Balaban J connectivity index is 1.98. The first kappa shape index (κ1) is 18.2. The van der Waals surface area contributed by atoms with Gasteiger partial charge in [-0.1, -0.05) is 41.9 Å². The van der Waals surface area contributed by atoms with E-state index in [1.807, 2.05) is 29.2 Å². The maximum absolute atomic E-state index is 12.3. The molecule has 1 aliphatic rings. The topological polar surface area (TPSA) is 62.6 Å². The molecule has 1 aliphatic heterocycles. The zero-order chi connectivity index (χ0) is 18.6. The molecule has 0 aromatic heterocycles. The molecule has 1 heterocycles. The molecule has 134 valence electrons. The minimum absolute atomic E-state index is 0.268. The molecule has 1 unspecified atom stereocenters. The number of nitriles is 1. The predicted molar refractivity (Wildman–Crippen MR) is 99.3 cm³/mol. The number of carbonyl (C=O) groups is 1. The third kappa shape index (κ3) is 3.39. The third-order valence-corrected chi connectivity index (χ3v) is 4.68. The molecule has 5 nitrogen and oxygen atoms in total. The average molecular weight is 371 g/mol. The maximum Gasteiger partial charge on any atom is 0.340 e. The Labute approximate surface area is 157 Å². The molecule has 0 saturated carbocycles. The number of hydrogen-bond acceptors (Lipinski definition) is 5. The number of carbonyl (C=O) groups excluding carboxylic acids is 1. The third-order valence-electron chi connectivity index (χ3n) is 4.35. The Morgan fingerprint density at radius 2 is 2.04 bits per heavy atom. The first-order chi connectivity index (χ1) is 12.6. The summed E-state index contributed by atoms with van der Waals surface area (Å²) in [7, 11) is 0. The molecule has 2 aromatic carbocycles. The lowest BCUT2D eigenvalue weighted by Gasteiger charge is -2.40. The van der Waals surface area contributed by atoms with Gasteiger partial charge >= 0.3 is 5.97 Å². The van der Waals surface area contributed by atoms with E-state index in [4.69, 9.17) is 21.1 Å². The largest absolute Gasteiger partial charge is 0.462 e. The van der Waals surface area contributed by atoms with Crippen LogP contribution in [0.25, 0.3) is 0 Å². The van der Waals surface area contributed by atoms with Gasteiger partial charge in [0, 0.05) is 17.1 Å². The van der Waals surface area contributed by atoms with Crippen LogP contribution in [-0.2, 0) is 15.1 Å². The lowest BCUT2D eigenvalue weighted by molar-refractivity contribution is -0.0175. The van der Waals surface area contributed by atoms with E-state index in [1.54, 1.807) is 31.2 Å². The van der Waals surface area contributed by atoms with Crippen LogP contribution in [0.15, 0.2) is 48.5 Å². The van der Waals surface area contributed by atoms with Crippen LogP contribution in [0.3, 0.4) is 0 Å². The molecule has 6 heteroatoms. The molecule has 0 amide bonds. The van der Waals surface area contributed by atoms with Crippen molar-refractivity contribution in [3.05, 3.63) is 64.7 Å². The van der Waals surface area contributed by atoms with E-state index < -0.39 is 5.60 Å². The Morgan fingerprint density at radius 3 is 2.77 bits per heavy atom. The zero-order valence-corrected chi connectivity index (χ0v) is 15.2. The number of rotatable bonds is 4. The van der Waals surface area contributed by atoms with E-state index in [1.165, 1.54) is 0 Å². The molecule has 0 aliphatic carbocycles. The fourth-order valence-electron chi connectivity index (χ4n) is 3.14. The summed E-state index contributed by atoms with van der Waals surface area (Å²) in [5, 5.41) is 10.4. The Kier molecular flexibility index (Phi) is 5.46. The standard InChI is InChI=1S/C20H19ClN2O3/c1-2-25-19(24)15-7-3-6-10-18(15)23-11-12-26-20(13-22,14-23)16-8-4-5-9-17(16)21/h3-10H,2,11-12,14H2,1H3. The van der Waals surface area contributed by atoms with Gasteiger partial charge < -0.3 is 14.4 Å². The number of anilines is 1. The molecule has 1 saturated heterocycles. The van der Waals surface area contributed by atoms with E-state index in [0.717, 1.165) is 5.69 Å². The van der Waals surface area contributed by atoms with E-state index in [9.17, 15) is 10.1 Å². The fourth-order valence-corrected chi connectivity index (χ4v) is 3.43. The van der Waals surface area contributed by atoms with Crippen molar-refractivity contribution in [3.63, 3.8) is 0 Å². The minimum Gasteiger partial charge on any atom is -0.462 e. The lowest BCUT2D eigenvalue weighted by atomic mass is 9.92. The van der Waals surface area contributed by atoms with Crippen LogP contribution in [0.5, 0.6) is 0 Å². The van der Waals surface area contributed by atoms with Gasteiger partial charge in [0.2, 0.25) is 0 Å². The van der Waals surface area contributed by atoms with Crippen LogP contribution in [-0.4, -0.2) is 32.3 Å². The Bertz CT molecular complexity index is 849. The zero-order valence-electron chi connectivity index (χ0n) is 14.4. The summed E-state index contributed by atoms with van der Waals surface area (Å²) in [5.74, 6) is -0.380. The molecule has 26 heavy (non-hydrogen) atoms. The van der Waals surface area contributed by atoms with E-state index in [2.05, 4.69) is 6.07 Å². The van der Waals surface area contributed by atoms with Gasteiger partial charge in [-0.15, -0.1) is 0 Å². The van der Waals surface area contributed by atoms with Gasteiger partial charge in [0.25, 0.3) is 0 Å². The highest BCUT2D eigenvalue weighted by Crippen LogP contribution is 2.36. The molecule has 0 radical (unpaired) electrons. The second-order valence-corrected chi connectivity index (χ2v) is 6.33. The van der Waals surface area contributed by atoms with Crippen LogP contribution < -0.4 is 4.90 Å². The van der Waals surface area contributed by atoms with Crippen molar-refractivity contribution < 1.29 is 14.3 Å². The quantitative estimate of drug-likeness (QED) is 0.766. The maximum atomic E-state index is 12.3. The van der Waals surface area contributed by atoms with Crippen LogP contribution in [0.1, 0.15) is 22.8 Å².